The Balaban J connectivity index is 1.65. The lowest BCUT2D eigenvalue weighted by atomic mass is 9.85. The zero-order valence-electron chi connectivity index (χ0n) is 14.1. The van der Waals surface area contributed by atoms with E-state index in [2.05, 4.69) is 80.1 Å². The summed E-state index contributed by atoms with van der Waals surface area (Å²) in [6.45, 7) is 3.08. The summed E-state index contributed by atoms with van der Waals surface area (Å²) in [6.07, 6.45) is 2.87. The third kappa shape index (κ3) is 3.92. The van der Waals surface area contributed by atoms with E-state index in [1.54, 1.807) is 0 Å². The number of fused-ring (bicyclic) bond motifs is 1. The first-order chi connectivity index (χ1) is 12.3. The number of rotatable bonds is 4. The lowest BCUT2D eigenvalue weighted by molar-refractivity contribution is 0.364. The van der Waals surface area contributed by atoms with Crippen molar-refractivity contribution < 1.29 is 0 Å². The van der Waals surface area contributed by atoms with Crippen LogP contribution in [0.5, 0.6) is 0 Å². The minimum absolute atomic E-state index is 0.432. The number of halogens is 1. The van der Waals surface area contributed by atoms with Gasteiger partial charge in [0, 0.05) is 47.6 Å². The van der Waals surface area contributed by atoms with Crippen LogP contribution in [-0.4, -0.2) is 30.7 Å². The molecule has 2 unspecified atom stereocenters. The maximum absolute atomic E-state index is 4.51. The number of piperazine rings is 1. The molecule has 1 aliphatic rings. The highest BCUT2D eigenvalue weighted by atomic mass is 79.9. The van der Waals surface area contributed by atoms with E-state index in [0.717, 1.165) is 36.0 Å². The molecule has 0 radical (unpaired) electrons. The number of aromatic nitrogens is 1. The maximum atomic E-state index is 4.51. The first kappa shape index (κ1) is 16.7. The Morgan fingerprint density at radius 3 is 2.76 bits per heavy atom. The van der Waals surface area contributed by atoms with Gasteiger partial charge in [-0.25, -0.2) is 0 Å². The molecule has 25 heavy (non-hydrogen) atoms. The summed E-state index contributed by atoms with van der Waals surface area (Å²) in [5.74, 6) is 0.432. The van der Waals surface area contributed by atoms with Crippen molar-refractivity contribution in [2.75, 3.05) is 19.6 Å². The minimum atomic E-state index is 0.432. The predicted octanol–water partition coefficient (Wildman–Crippen LogP) is 3.89. The summed E-state index contributed by atoms with van der Waals surface area (Å²) >= 11 is 3.55. The largest absolute Gasteiger partial charge is 0.314 e. The molecule has 1 aliphatic heterocycles. The van der Waals surface area contributed by atoms with E-state index in [4.69, 9.17) is 0 Å². The highest BCUT2D eigenvalue weighted by molar-refractivity contribution is 9.10. The first-order valence-electron chi connectivity index (χ1n) is 8.83. The van der Waals surface area contributed by atoms with Crippen LogP contribution >= 0.6 is 15.9 Å². The lowest BCUT2D eigenvalue weighted by Gasteiger charge is -2.32. The molecule has 4 heteroatoms. The van der Waals surface area contributed by atoms with Crippen LogP contribution in [0.15, 0.2) is 65.3 Å². The standard InChI is InChI=1S/C21H22BrN3/c22-18-7-5-16(6-8-18)19(21-14-23-10-11-25-21)12-15-3-4-17-2-1-9-24-20(17)13-15/h1-9,13,19,21,23,25H,10-12,14H2. The summed E-state index contributed by atoms with van der Waals surface area (Å²) in [6, 6.07) is 20.0. The minimum Gasteiger partial charge on any atom is -0.314 e. The fourth-order valence-electron chi connectivity index (χ4n) is 3.66. The van der Waals surface area contributed by atoms with E-state index in [0.29, 0.717) is 12.0 Å². The molecule has 0 spiro atoms. The molecule has 2 aromatic carbocycles. The van der Waals surface area contributed by atoms with Crippen LogP contribution in [0.1, 0.15) is 17.0 Å². The summed E-state index contributed by atoms with van der Waals surface area (Å²) in [4.78, 5) is 4.51. The Kier molecular flexibility index (Phi) is 5.11. The topological polar surface area (TPSA) is 37.0 Å². The van der Waals surface area contributed by atoms with E-state index in [9.17, 15) is 0 Å². The van der Waals surface area contributed by atoms with Crippen LogP contribution < -0.4 is 10.6 Å². The molecule has 0 bridgehead atoms. The fourth-order valence-corrected chi connectivity index (χ4v) is 3.92. The Labute approximate surface area is 157 Å². The summed E-state index contributed by atoms with van der Waals surface area (Å²) in [5.41, 5.74) is 3.79. The van der Waals surface area contributed by atoms with E-state index in [-0.39, 0.29) is 0 Å². The molecule has 0 amide bonds. The zero-order valence-corrected chi connectivity index (χ0v) is 15.7. The quantitative estimate of drug-likeness (QED) is 0.703. The first-order valence-corrected chi connectivity index (χ1v) is 9.62. The number of nitrogens with one attached hydrogen (secondary N) is 2. The lowest BCUT2D eigenvalue weighted by Crippen LogP contribution is -2.51. The number of pyridine rings is 1. The van der Waals surface area contributed by atoms with Crippen LogP contribution in [0, 0.1) is 0 Å². The van der Waals surface area contributed by atoms with Gasteiger partial charge < -0.3 is 10.6 Å². The van der Waals surface area contributed by atoms with Gasteiger partial charge in [-0.05, 0) is 41.8 Å². The fraction of sp³-hybridized carbons (Fsp3) is 0.286. The molecule has 1 fully saturated rings. The highest BCUT2D eigenvalue weighted by Crippen LogP contribution is 2.27. The molecule has 1 saturated heterocycles. The van der Waals surface area contributed by atoms with Gasteiger partial charge in [0.05, 0.1) is 5.52 Å². The number of nitrogens with zero attached hydrogens (tertiary/aromatic N) is 1. The normalized spacial score (nSPS) is 19.0. The average molecular weight is 396 g/mol. The van der Waals surface area contributed by atoms with Crippen molar-refractivity contribution in [3.63, 3.8) is 0 Å². The average Bonchev–Trinajstić information content (AvgIpc) is 2.67. The van der Waals surface area contributed by atoms with Gasteiger partial charge in [-0.1, -0.05) is 46.3 Å². The summed E-state index contributed by atoms with van der Waals surface area (Å²) < 4.78 is 1.12. The Morgan fingerprint density at radius 2 is 1.96 bits per heavy atom. The molecule has 1 aromatic heterocycles. The Bertz CT molecular complexity index is 841. The van der Waals surface area contributed by atoms with Crippen LogP contribution in [0.3, 0.4) is 0 Å². The van der Waals surface area contributed by atoms with Gasteiger partial charge in [0.25, 0.3) is 0 Å². The van der Waals surface area contributed by atoms with Crippen molar-refractivity contribution in [1.29, 1.82) is 0 Å². The monoisotopic (exact) mass is 395 g/mol. The van der Waals surface area contributed by atoms with Crippen molar-refractivity contribution in [2.45, 2.75) is 18.4 Å². The zero-order chi connectivity index (χ0) is 17.1. The maximum Gasteiger partial charge on any atom is 0.0704 e. The molecule has 3 aromatic rings. The van der Waals surface area contributed by atoms with Crippen LogP contribution in [0.2, 0.25) is 0 Å². The second-order valence-corrected chi connectivity index (χ2v) is 7.57. The smallest absolute Gasteiger partial charge is 0.0704 e. The third-order valence-corrected chi connectivity index (χ3v) is 5.51. The van der Waals surface area contributed by atoms with E-state index < -0.39 is 0 Å². The molecule has 128 valence electrons. The van der Waals surface area contributed by atoms with Gasteiger partial charge in [-0.2, -0.15) is 0 Å². The molecule has 0 aliphatic carbocycles. The van der Waals surface area contributed by atoms with Gasteiger partial charge >= 0.3 is 0 Å². The number of hydrogen-bond donors (Lipinski definition) is 2. The number of benzene rings is 2. The predicted molar refractivity (Wildman–Crippen MR) is 107 cm³/mol. The molecule has 2 N–H and O–H groups in total. The Morgan fingerprint density at radius 1 is 1.08 bits per heavy atom. The SMILES string of the molecule is Brc1ccc(C(Cc2ccc3cccnc3c2)C2CNCCN2)cc1. The molecular formula is C21H22BrN3. The van der Waals surface area contributed by atoms with Crippen LogP contribution in [0.25, 0.3) is 10.9 Å². The third-order valence-electron chi connectivity index (χ3n) is 4.98. The highest BCUT2D eigenvalue weighted by Gasteiger charge is 2.25. The Hall–Kier alpha value is -1.75. The molecule has 2 atom stereocenters. The summed E-state index contributed by atoms with van der Waals surface area (Å²) in [5, 5.41) is 8.43. The molecule has 3 nitrogen and oxygen atoms in total. The van der Waals surface area contributed by atoms with Crippen molar-refractivity contribution in [3.8, 4) is 0 Å². The van der Waals surface area contributed by atoms with Crippen molar-refractivity contribution in [2.24, 2.45) is 0 Å². The molecule has 2 heterocycles. The van der Waals surface area contributed by atoms with Crippen molar-refractivity contribution >= 4 is 26.8 Å². The van der Waals surface area contributed by atoms with Gasteiger partial charge in [0.2, 0.25) is 0 Å². The van der Waals surface area contributed by atoms with E-state index >= 15 is 0 Å². The van der Waals surface area contributed by atoms with Crippen molar-refractivity contribution in [1.82, 2.24) is 15.6 Å². The van der Waals surface area contributed by atoms with E-state index in [1.807, 2.05) is 12.3 Å². The van der Waals surface area contributed by atoms with Gasteiger partial charge in [-0.3, -0.25) is 4.98 Å². The second-order valence-electron chi connectivity index (χ2n) is 6.66. The van der Waals surface area contributed by atoms with Crippen LogP contribution in [0.4, 0.5) is 0 Å². The summed E-state index contributed by atoms with van der Waals surface area (Å²) in [7, 11) is 0. The van der Waals surface area contributed by atoms with Gasteiger partial charge in [0.1, 0.15) is 0 Å². The number of hydrogen-bond acceptors (Lipinski definition) is 3. The molecular weight excluding hydrogens is 374 g/mol. The van der Waals surface area contributed by atoms with Crippen LogP contribution in [-0.2, 0) is 6.42 Å². The van der Waals surface area contributed by atoms with Gasteiger partial charge in [-0.15, -0.1) is 0 Å². The molecule has 4 rings (SSSR count). The molecule has 0 saturated carbocycles. The van der Waals surface area contributed by atoms with Crippen molar-refractivity contribution in [3.05, 3.63) is 76.4 Å². The van der Waals surface area contributed by atoms with E-state index in [1.165, 1.54) is 16.5 Å². The second kappa shape index (κ2) is 7.65. The van der Waals surface area contributed by atoms with Gasteiger partial charge in [0.15, 0.2) is 0 Å².